The predicted molar refractivity (Wildman–Crippen MR) is 155 cm³/mol. The zero-order chi connectivity index (χ0) is 30.6. The molecule has 1 aromatic carbocycles. The topological polar surface area (TPSA) is 123 Å². The van der Waals surface area contributed by atoms with Crippen LogP contribution in [0.1, 0.15) is 38.1 Å². The van der Waals surface area contributed by atoms with Gasteiger partial charge in [-0.25, -0.2) is 28.5 Å². The van der Waals surface area contributed by atoms with E-state index in [4.69, 9.17) is 18.6 Å². The summed E-state index contributed by atoms with van der Waals surface area (Å²) in [6, 6.07) is 7.64. The number of fused-ring (bicyclic) bond motifs is 3. The number of aromatic nitrogens is 3. The van der Waals surface area contributed by atoms with E-state index >= 15 is 0 Å². The lowest BCUT2D eigenvalue weighted by Crippen LogP contribution is -2.68. The van der Waals surface area contributed by atoms with E-state index in [2.05, 4.69) is 38.6 Å². The molecule has 0 radical (unpaired) electrons. The van der Waals surface area contributed by atoms with Gasteiger partial charge in [-0.3, -0.25) is 0 Å². The Balaban J connectivity index is 1.25. The number of nitrogens with zero attached hydrogens (tertiary/aromatic N) is 5. The van der Waals surface area contributed by atoms with Crippen molar-refractivity contribution >= 4 is 39.5 Å². The Labute approximate surface area is 250 Å². The van der Waals surface area contributed by atoms with Gasteiger partial charge in [0, 0.05) is 30.1 Å². The summed E-state index contributed by atoms with van der Waals surface area (Å²) in [5, 5.41) is 10.7. The number of ether oxygens (including phenoxy) is 3. The largest absolute Gasteiger partial charge is 0.480 e. The normalized spacial score (nSPS) is 22.8. The van der Waals surface area contributed by atoms with Gasteiger partial charge in [0.15, 0.2) is 17.2 Å². The molecule has 0 bridgehead atoms. The average molecular weight is 606 g/mol. The molecule has 0 amide bonds. The summed E-state index contributed by atoms with van der Waals surface area (Å²) in [6.07, 6.45) is -1.96. The molecule has 228 valence electrons. The van der Waals surface area contributed by atoms with Crippen LogP contribution in [-0.2, 0) is 14.3 Å². The number of benzene rings is 1. The number of rotatable bonds is 6. The van der Waals surface area contributed by atoms with E-state index in [1.165, 1.54) is 4.90 Å². The number of morpholine rings is 1. The maximum absolute atomic E-state index is 14.0. The summed E-state index contributed by atoms with van der Waals surface area (Å²) < 4.78 is 51.9. The van der Waals surface area contributed by atoms with Crippen molar-refractivity contribution < 1.29 is 37.3 Å². The highest BCUT2D eigenvalue weighted by molar-refractivity contribution is 6.06. The number of aliphatic carboxylic acids is 1. The fourth-order valence-corrected chi connectivity index (χ4v) is 6.25. The van der Waals surface area contributed by atoms with Crippen molar-refractivity contribution in [3.05, 3.63) is 47.9 Å². The highest BCUT2D eigenvalue weighted by Gasteiger charge is 2.50. The van der Waals surface area contributed by atoms with Gasteiger partial charge in [0.25, 0.3) is 6.43 Å². The Bertz CT molecular complexity index is 1820. The first-order valence-electron chi connectivity index (χ1n) is 14.3. The fourth-order valence-electron chi connectivity index (χ4n) is 6.25. The second-order valence-corrected chi connectivity index (χ2v) is 11.2. The Morgan fingerprint density at radius 2 is 2.05 bits per heavy atom. The maximum atomic E-state index is 14.0. The second-order valence-electron chi connectivity index (χ2n) is 11.2. The van der Waals surface area contributed by atoms with Crippen LogP contribution in [0, 0.1) is 11.8 Å². The van der Waals surface area contributed by atoms with Crippen molar-refractivity contribution in [1.82, 2.24) is 15.0 Å². The number of carboxylic acids is 1. The number of anilines is 2. The first-order valence-corrected chi connectivity index (χ1v) is 14.3. The van der Waals surface area contributed by atoms with Gasteiger partial charge in [0.1, 0.15) is 34.5 Å². The molecule has 3 saturated heterocycles. The van der Waals surface area contributed by atoms with Crippen LogP contribution in [-0.4, -0.2) is 82.7 Å². The van der Waals surface area contributed by atoms with Crippen LogP contribution >= 0.6 is 0 Å². The number of alkyl halides is 2. The van der Waals surface area contributed by atoms with E-state index in [1.54, 1.807) is 37.4 Å². The van der Waals surface area contributed by atoms with Crippen molar-refractivity contribution in [3.8, 4) is 17.7 Å². The van der Waals surface area contributed by atoms with E-state index in [0.29, 0.717) is 54.5 Å². The monoisotopic (exact) mass is 605 g/mol. The standard InChI is InChI=1S/C31H29F2N5O6/c1-3-6-18-11-21(37-9-10-42-31(17(37)2)15-41-16-31)29(34-13-18)43-19-12-22(30(39)40)38(14-19)28-25-24(35-27(36-28)26(32)33)20-7-4-5-8-23(20)44-25/h4-5,7-8,11,13,17,19,22,26H,9-10,12,14-16H2,1-2H3,(H,39,40)/t17-,19-,22-/m0/s1. The molecule has 6 heterocycles. The Kier molecular flexibility index (Phi) is 6.98. The smallest absolute Gasteiger partial charge is 0.326 e. The van der Waals surface area contributed by atoms with Crippen LogP contribution in [0.3, 0.4) is 0 Å². The molecule has 1 spiro atoms. The van der Waals surface area contributed by atoms with Crippen LogP contribution < -0.4 is 14.5 Å². The zero-order valence-corrected chi connectivity index (χ0v) is 24.0. The van der Waals surface area contributed by atoms with Crippen LogP contribution in [0.4, 0.5) is 20.3 Å². The SMILES string of the molecule is CC#Cc1cnc(O[C@H]2C[C@@H](C(=O)O)N(c3nc(C(F)F)nc4c3oc3ccccc34)C2)c(N2CCOC3(COC3)[C@@H]2C)c1. The molecule has 3 aliphatic rings. The number of para-hydroxylation sites is 1. The molecule has 3 fully saturated rings. The minimum absolute atomic E-state index is 0.0181. The number of pyridine rings is 1. The molecule has 13 heteroatoms. The third-order valence-corrected chi connectivity index (χ3v) is 8.57. The molecule has 11 nitrogen and oxygen atoms in total. The van der Waals surface area contributed by atoms with Gasteiger partial charge in [-0.2, -0.15) is 0 Å². The number of furan rings is 1. The van der Waals surface area contributed by atoms with Gasteiger partial charge in [-0.15, -0.1) is 5.92 Å². The van der Waals surface area contributed by atoms with Gasteiger partial charge in [0.05, 0.1) is 32.4 Å². The predicted octanol–water partition coefficient (Wildman–Crippen LogP) is 4.19. The van der Waals surface area contributed by atoms with Crippen molar-refractivity contribution in [2.24, 2.45) is 0 Å². The molecule has 7 rings (SSSR count). The number of hydrogen-bond donors (Lipinski definition) is 1. The molecule has 4 aromatic rings. The summed E-state index contributed by atoms with van der Waals surface area (Å²) >= 11 is 0. The first kappa shape index (κ1) is 28.2. The quantitative estimate of drug-likeness (QED) is 0.319. The third kappa shape index (κ3) is 4.65. The van der Waals surface area contributed by atoms with Crippen molar-refractivity contribution in [2.45, 2.75) is 50.5 Å². The number of carboxylic acid groups (broad SMARTS) is 1. The molecular formula is C31H29F2N5O6. The Hall–Kier alpha value is -4.54. The number of carbonyl (C=O) groups is 1. The molecular weight excluding hydrogens is 576 g/mol. The van der Waals surface area contributed by atoms with Crippen molar-refractivity contribution in [2.75, 3.05) is 42.7 Å². The van der Waals surface area contributed by atoms with Crippen LogP contribution in [0.5, 0.6) is 5.88 Å². The van der Waals surface area contributed by atoms with E-state index < -0.39 is 36.0 Å². The molecule has 0 aliphatic carbocycles. The van der Waals surface area contributed by atoms with Crippen LogP contribution in [0.15, 0.2) is 40.9 Å². The molecule has 3 atom stereocenters. The molecule has 44 heavy (non-hydrogen) atoms. The van der Waals surface area contributed by atoms with Crippen molar-refractivity contribution in [1.29, 1.82) is 0 Å². The molecule has 0 saturated carbocycles. The lowest BCUT2D eigenvalue weighted by Gasteiger charge is -2.53. The van der Waals surface area contributed by atoms with E-state index in [-0.39, 0.29) is 35.9 Å². The highest BCUT2D eigenvalue weighted by Crippen LogP contribution is 2.41. The number of halogens is 2. The first-order chi connectivity index (χ1) is 21.3. The summed E-state index contributed by atoms with van der Waals surface area (Å²) in [4.78, 5) is 28.9. The van der Waals surface area contributed by atoms with Gasteiger partial charge in [0.2, 0.25) is 5.88 Å². The van der Waals surface area contributed by atoms with Crippen LogP contribution in [0.25, 0.3) is 22.1 Å². The van der Waals surface area contributed by atoms with Gasteiger partial charge < -0.3 is 33.5 Å². The molecule has 3 aliphatic heterocycles. The molecule has 0 unspecified atom stereocenters. The highest BCUT2D eigenvalue weighted by atomic mass is 19.3. The summed E-state index contributed by atoms with van der Waals surface area (Å²) in [5.41, 5.74) is 1.74. The van der Waals surface area contributed by atoms with Crippen LogP contribution in [0.2, 0.25) is 0 Å². The molecule has 1 N–H and O–H groups in total. The minimum atomic E-state index is -2.97. The Morgan fingerprint density at radius 3 is 2.77 bits per heavy atom. The minimum Gasteiger partial charge on any atom is -0.480 e. The summed E-state index contributed by atoms with van der Waals surface area (Å²) in [5.74, 6) is 4.38. The third-order valence-electron chi connectivity index (χ3n) is 8.57. The lowest BCUT2D eigenvalue weighted by molar-refractivity contribution is -0.228. The van der Waals surface area contributed by atoms with E-state index in [1.807, 2.05) is 6.07 Å². The number of hydrogen-bond acceptors (Lipinski definition) is 10. The van der Waals surface area contributed by atoms with Crippen molar-refractivity contribution in [3.63, 3.8) is 0 Å². The van der Waals surface area contributed by atoms with E-state index in [9.17, 15) is 18.7 Å². The van der Waals surface area contributed by atoms with Gasteiger partial charge >= 0.3 is 5.97 Å². The van der Waals surface area contributed by atoms with E-state index in [0.717, 1.165) is 0 Å². The summed E-state index contributed by atoms with van der Waals surface area (Å²) in [6.45, 7) is 5.88. The van der Waals surface area contributed by atoms with Gasteiger partial charge in [-0.05, 0) is 32.0 Å². The average Bonchev–Trinajstić information content (AvgIpc) is 3.59. The maximum Gasteiger partial charge on any atom is 0.326 e. The molecule has 3 aromatic heterocycles. The van der Waals surface area contributed by atoms with Gasteiger partial charge in [-0.1, -0.05) is 18.1 Å². The second kappa shape index (κ2) is 10.9. The fraction of sp³-hybridized carbons (Fsp3) is 0.419. The zero-order valence-electron chi connectivity index (χ0n) is 24.0. The lowest BCUT2D eigenvalue weighted by atomic mass is 9.90. The Morgan fingerprint density at radius 1 is 1.23 bits per heavy atom. The summed E-state index contributed by atoms with van der Waals surface area (Å²) in [7, 11) is 0.